The van der Waals surface area contributed by atoms with Gasteiger partial charge < -0.3 is 10.2 Å². The molecule has 0 fully saturated rings. The van der Waals surface area contributed by atoms with Crippen molar-refractivity contribution in [1.82, 2.24) is 25.7 Å². The predicted molar refractivity (Wildman–Crippen MR) is 96.5 cm³/mol. The summed E-state index contributed by atoms with van der Waals surface area (Å²) in [5.41, 5.74) is 0. The maximum absolute atomic E-state index is 11.9. The van der Waals surface area contributed by atoms with E-state index in [1.54, 1.807) is 11.8 Å². The molecule has 0 aromatic carbocycles. The number of amides is 4. The van der Waals surface area contributed by atoms with Crippen molar-refractivity contribution in [2.24, 2.45) is 0 Å². The Morgan fingerprint density at radius 1 is 1.21 bits per heavy atom. The van der Waals surface area contributed by atoms with E-state index < -0.39 is 17.2 Å². The minimum Gasteiger partial charge on any atom is -0.343 e. The number of aromatic nitrogens is 2. The Bertz CT molecular complexity index is 577. The molecular weight excluding hydrogens is 370 g/mol. The van der Waals surface area contributed by atoms with Crippen molar-refractivity contribution in [3.63, 3.8) is 0 Å². The number of thioether (sulfide) groups is 2. The molecule has 24 heavy (non-hydrogen) atoms. The summed E-state index contributed by atoms with van der Waals surface area (Å²) < 4.78 is 1.30. The highest BCUT2D eigenvalue weighted by molar-refractivity contribution is 8.04. The average Bonchev–Trinajstić information content (AvgIpc) is 3.01. The largest absolute Gasteiger partial charge is 0.343 e. The van der Waals surface area contributed by atoms with E-state index in [-0.39, 0.29) is 5.91 Å². The lowest BCUT2D eigenvalue weighted by Gasteiger charge is -2.17. The van der Waals surface area contributed by atoms with Crippen LogP contribution >= 0.6 is 34.9 Å². The summed E-state index contributed by atoms with van der Waals surface area (Å²) in [7, 11) is 1.44. The molecule has 0 saturated carbocycles. The summed E-state index contributed by atoms with van der Waals surface area (Å²) in [5, 5.41) is 12.1. The third-order valence-electron chi connectivity index (χ3n) is 2.93. The van der Waals surface area contributed by atoms with Crippen LogP contribution in [0.25, 0.3) is 0 Å². The molecule has 2 N–H and O–H groups in total. The molecule has 0 aliphatic carbocycles. The molecule has 134 valence electrons. The van der Waals surface area contributed by atoms with Gasteiger partial charge >= 0.3 is 6.03 Å². The summed E-state index contributed by atoms with van der Waals surface area (Å²) in [4.78, 5) is 36.6. The van der Waals surface area contributed by atoms with E-state index in [9.17, 15) is 14.4 Å². The van der Waals surface area contributed by atoms with Crippen molar-refractivity contribution in [1.29, 1.82) is 0 Å². The fourth-order valence-corrected chi connectivity index (χ4v) is 4.64. The molecule has 8 nitrogen and oxygen atoms in total. The van der Waals surface area contributed by atoms with Gasteiger partial charge in [-0.1, -0.05) is 34.9 Å². The Kier molecular flexibility index (Phi) is 9.08. The van der Waals surface area contributed by atoms with Gasteiger partial charge in [0.05, 0.1) is 11.0 Å². The second kappa shape index (κ2) is 10.5. The van der Waals surface area contributed by atoms with Crippen molar-refractivity contribution >= 4 is 52.7 Å². The lowest BCUT2D eigenvalue weighted by Crippen LogP contribution is -2.41. The first kappa shape index (κ1) is 20.7. The topological polar surface area (TPSA) is 104 Å². The highest BCUT2D eigenvalue weighted by atomic mass is 32.2. The molecule has 1 heterocycles. The zero-order chi connectivity index (χ0) is 18.1. The number of imide groups is 1. The maximum Gasteiger partial charge on any atom is 0.321 e. The second-order valence-electron chi connectivity index (χ2n) is 4.52. The quantitative estimate of drug-likeness (QED) is 0.646. The van der Waals surface area contributed by atoms with E-state index in [0.717, 1.165) is 0 Å². The van der Waals surface area contributed by atoms with Gasteiger partial charge in [0.1, 0.15) is 0 Å². The van der Waals surface area contributed by atoms with Crippen LogP contribution in [-0.4, -0.2) is 64.1 Å². The fraction of sp³-hybridized carbons (Fsp3) is 0.615. The smallest absolute Gasteiger partial charge is 0.321 e. The third kappa shape index (κ3) is 6.65. The van der Waals surface area contributed by atoms with Crippen molar-refractivity contribution in [3.05, 3.63) is 0 Å². The number of rotatable bonds is 8. The van der Waals surface area contributed by atoms with Crippen LogP contribution in [0.4, 0.5) is 4.79 Å². The highest BCUT2D eigenvalue weighted by Crippen LogP contribution is 2.31. The number of urea groups is 1. The molecule has 11 heteroatoms. The van der Waals surface area contributed by atoms with E-state index in [0.29, 0.717) is 27.5 Å². The molecule has 4 amide bonds. The molecule has 0 saturated heterocycles. The van der Waals surface area contributed by atoms with Gasteiger partial charge in [-0.2, -0.15) is 0 Å². The molecule has 0 aliphatic heterocycles. The number of hydrogen-bond acceptors (Lipinski definition) is 8. The molecule has 0 unspecified atom stereocenters. The first-order valence-corrected chi connectivity index (χ1v) is 10.0. The summed E-state index contributed by atoms with van der Waals surface area (Å²) >= 11 is 3.88. The van der Waals surface area contributed by atoms with Gasteiger partial charge in [0.15, 0.2) is 8.68 Å². The maximum atomic E-state index is 11.9. The summed E-state index contributed by atoms with van der Waals surface area (Å²) in [6.45, 7) is 6.94. The SMILES string of the molecule is CCN(CC)C(=O)CSc1nnc(S[C@@H](C)C(=O)NC(=O)NC)s1. The Morgan fingerprint density at radius 2 is 1.83 bits per heavy atom. The summed E-state index contributed by atoms with van der Waals surface area (Å²) in [6, 6.07) is -0.545. The van der Waals surface area contributed by atoms with Gasteiger partial charge in [0, 0.05) is 20.1 Å². The first-order chi connectivity index (χ1) is 11.4. The van der Waals surface area contributed by atoms with Gasteiger partial charge in [-0.05, 0) is 20.8 Å². The molecule has 0 bridgehead atoms. The second-order valence-corrected chi connectivity index (χ2v) is 8.30. The Morgan fingerprint density at radius 3 is 2.42 bits per heavy atom. The number of nitrogens with zero attached hydrogens (tertiary/aromatic N) is 3. The van der Waals surface area contributed by atoms with Crippen LogP contribution in [0.5, 0.6) is 0 Å². The highest BCUT2D eigenvalue weighted by Gasteiger charge is 2.19. The zero-order valence-electron chi connectivity index (χ0n) is 14.0. The third-order valence-corrected chi connectivity index (χ3v) is 6.16. The van der Waals surface area contributed by atoms with Crippen LogP contribution in [0, 0.1) is 0 Å². The van der Waals surface area contributed by atoms with Gasteiger partial charge in [-0.3, -0.25) is 14.9 Å². The van der Waals surface area contributed by atoms with Crippen molar-refractivity contribution in [2.45, 2.75) is 34.7 Å². The summed E-state index contributed by atoms with van der Waals surface area (Å²) in [6.07, 6.45) is 0. The standard InChI is InChI=1S/C13H21N5O3S3/c1-5-18(6-2)9(19)7-22-12-16-17-13(24-12)23-8(3)10(20)15-11(21)14-4/h8H,5-7H2,1-4H3,(H2,14,15,20,21)/t8-/m0/s1. The van der Waals surface area contributed by atoms with E-state index in [1.807, 2.05) is 13.8 Å². The molecule has 0 spiro atoms. The predicted octanol–water partition coefficient (Wildman–Crippen LogP) is 1.43. The van der Waals surface area contributed by atoms with Crippen molar-refractivity contribution in [3.8, 4) is 0 Å². The van der Waals surface area contributed by atoms with Crippen LogP contribution in [0.2, 0.25) is 0 Å². The first-order valence-electron chi connectivity index (χ1n) is 7.34. The number of carbonyl (C=O) groups excluding carboxylic acids is 3. The van der Waals surface area contributed by atoms with Crippen LogP contribution in [0.3, 0.4) is 0 Å². The van der Waals surface area contributed by atoms with E-state index in [2.05, 4.69) is 20.8 Å². The normalized spacial score (nSPS) is 11.7. The molecule has 1 aromatic rings. The van der Waals surface area contributed by atoms with E-state index in [1.165, 1.54) is 41.9 Å². The summed E-state index contributed by atoms with van der Waals surface area (Å²) in [5.74, 6) is -0.0265. The van der Waals surface area contributed by atoms with Crippen molar-refractivity contribution in [2.75, 3.05) is 25.9 Å². The molecule has 1 rings (SSSR count). The molecule has 0 radical (unpaired) electrons. The van der Waals surface area contributed by atoms with E-state index in [4.69, 9.17) is 0 Å². The van der Waals surface area contributed by atoms with Crippen molar-refractivity contribution < 1.29 is 14.4 Å². The molecule has 0 aliphatic rings. The minimum atomic E-state index is -0.545. The Balaban J connectivity index is 2.49. The monoisotopic (exact) mass is 391 g/mol. The number of carbonyl (C=O) groups is 3. The van der Waals surface area contributed by atoms with Gasteiger partial charge in [0.2, 0.25) is 11.8 Å². The van der Waals surface area contributed by atoms with Crippen LogP contribution < -0.4 is 10.6 Å². The Labute approximate surface area is 153 Å². The lowest BCUT2D eigenvalue weighted by molar-refractivity contribution is -0.128. The Hall–Kier alpha value is -1.33. The molecular formula is C13H21N5O3S3. The van der Waals surface area contributed by atoms with Gasteiger partial charge in [0.25, 0.3) is 0 Å². The van der Waals surface area contributed by atoms with Gasteiger partial charge in [-0.25, -0.2) is 4.79 Å². The average molecular weight is 392 g/mol. The lowest BCUT2D eigenvalue weighted by atomic mass is 10.4. The van der Waals surface area contributed by atoms with Crippen LogP contribution in [-0.2, 0) is 9.59 Å². The number of hydrogen-bond donors (Lipinski definition) is 2. The van der Waals surface area contributed by atoms with Crippen LogP contribution in [0.1, 0.15) is 20.8 Å². The van der Waals surface area contributed by atoms with Gasteiger partial charge in [-0.15, -0.1) is 10.2 Å². The molecule has 1 atom stereocenters. The minimum absolute atomic E-state index is 0.0627. The van der Waals surface area contributed by atoms with E-state index >= 15 is 0 Å². The molecule has 1 aromatic heterocycles. The zero-order valence-corrected chi connectivity index (χ0v) is 16.4. The number of nitrogens with one attached hydrogen (secondary N) is 2. The fourth-order valence-electron chi connectivity index (χ4n) is 1.57. The van der Waals surface area contributed by atoms with Crippen LogP contribution in [0.15, 0.2) is 8.68 Å².